The second-order valence-electron chi connectivity index (χ2n) is 5.42. The molecule has 0 spiro atoms. The minimum atomic E-state index is -0.672. The van der Waals surface area contributed by atoms with Crippen LogP contribution in [0.15, 0.2) is 43.0 Å². The molecule has 2 N–H and O–H groups in total. The van der Waals surface area contributed by atoms with E-state index in [1.807, 2.05) is 13.1 Å². The van der Waals surface area contributed by atoms with E-state index in [1.165, 1.54) is 11.9 Å². The van der Waals surface area contributed by atoms with Crippen LogP contribution in [0, 0.1) is 6.92 Å². The van der Waals surface area contributed by atoms with E-state index >= 15 is 0 Å². The predicted molar refractivity (Wildman–Crippen MR) is 84.2 cm³/mol. The van der Waals surface area contributed by atoms with E-state index in [4.69, 9.17) is 0 Å². The van der Waals surface area contributed by atoms with Crippen molar-refractivity contribution in [2.75, 3.05) is 0 Å². The number of carbonyl (C=O) groups excluding carboxylic acids is 2. The predicted octanol–water partition coefficient (Wildman–Crippen LogP) is 2.03. The van der Waals surface area contributed by atoms with Crippen LogP contribution in [0.4, 0.5) is 0 Å². The molecule has 0 aliphatic heterocycles. The summed E-state index contributed by atoms with van der Waals surface area (Å²) in [6.45, 7) is 2.04. The lowest BCUT2D eigenvalue weighted by molar-refractivity contribution is -0.114. The quantitative estimate of drug-likeness (QED) is 0.538. The second kappa shape index (κ2) is 6.39. The van der Waals surface area contributed by atoms with Crippen LogP contribution in [0.1, 0.15) is 32.9 Å². The first-order chi connectivity index (χ1) is 11.1. The number of nitrogens with one attached hydrogen (secondary N) is 2. The summed E-state index contributed by atoms with van der Waals surface area (Å²) in [6, 6.07) is 8.23. The molecule has 116 valence electrons. The molecule has 1 aromatic carbocycles. The van der Waals surface area contributed by atoms with Crippen molar-refractivity contribution < 1.29 is 9.59 Å². The maximum Gasteiger partial charge on any atom is 0.267 e. The normalized spacial score (nSPS) is 10.7. The molecule has 3 rings (SSSR count). The summed E-state index contributed by atoms with van der Waals surface area (Å²) in [7, 11) is 0. The zero-order chi connectivity index (χ0) is 16.2. The Bertz CT molecular complexity index is 817. The molecule has 0 aliphatic carbocycles. The van der Waals surface area contributed by atoms with Gasteiger partial charge in [0.1, 0.15) is 6.33 Å². The molecule has 0 atom stereocenters. The van der Waals surface area contributed by atoms with Crippen LogP contribution >= 0.6 is 0 Å². The first-order valence-electron chi connectivity index (χ1n) is 7.27. The Hall–Kier alpha value is -3.02. The number of H-pyrrole nitrogens is 2. The van der Waals surface area contributed by atoms with Crippen LogP contribution in [-0.4, -0.2) is 31.7 Å². The molecule has 0 aliphatic rings. The summed E-state index contributed by atoms with van der Waals surface area (Å²) in [4.78, 5) is 30.8. The van der Waals surface area contributed by atoms with Gasteiger partial charge in [0.15, 0.2) is 0 Å². The van der Waals surface area contributed by atoms with E-state index in [-0.39, 0.29) is 12.2 Å². The van der Waals surface area contributed by atoms with E-state index in [0.29, 0.717) is 6.42 Å². The van der Waals surface area contributed by atoms with Crippen molar-refractivity contribution in [2.24, 2.45) is 0 Å². The fourth-order valence-electron chi connectivity index (χ4n) is 2.38. The molecule has 3 aromatic rings. The summed E-state index contributed by atoms with van der Waals surface area (Å²) in [5.41, 5.74) is 4.18. The van der Waals surface area contributed by atoms with Gasteiger partial charge in [0.2, 0.25) is 11.6 Å². The zero-order valence-electron chi connectivity index (χ0n) is 12.7. The van der Waals surface area contributed by atoms with Crippen molar-refractivity contribution in [1.29, 1.82) is 0 Å². The van der Waals surface area contributed by atoms with Gasteiger partial charge < -0.3 is 4.98 Å². The van der Waals surface area contributed by atoms with Gasteiger partial charge in [-0.3, -0.25) is 14.7 Å². The van der Waals surface area contributed by atoms with Crippen LogP contribution in [0.3, 0.4) is 0 Å². The number of ketones is 2. The van der Waals surface area contributed by atoms with Crippen molar-refractivity contribution in [1.82, 2.24) is 20.2 Å². The Morgan fingerprint density at radius 1 is 1.09 bits per heavy atom. The highest BCUT2D eigenvalue weighted by molar-refractivity contribution is 6.43. The number of aromatic nitrogens is 4. The van der Waals surface area contributed by atoms with Crippen LogP contribution in [0.25, 0.3) is 0 Å². The minimum Gasteiger partial charge on any atom is -0.367 e. The van der Waals surface area contributed by atoms with Crippen molar-refractivity contribution in [3.63, 3.8) is 0 Å². The first kappa shape index (κ1) is 14.9. The number of aromatic amines is 2. The Kier molecular flexibility index (Phi) is 4.14. The third kappa shape index (κ3) is 3.42. The SMILES string of the molecule is Cc1ccc(Cc2c[nH]cc2CC(=O)C(=O)c2nc[nH]n2)cc1. The van der Waals surface area contributed by atoms with Gasteiger partial charge >= 0.3 is 0 Å². The average Bonchev–Trinajstić information content (AvgIpc) is 3.21. The molecule has 0 bridgehead atoms. The molecule has 0 saturated heterocycles. The van der Waals surface area contributed by atoms with Gasteiger partial charge in [-0.1, -0.05) is 29.8 Å². The van der Waals surface area contributed by atoms with Crippen molar-refractivity contribution >= 4 is 11.6 Å². The minimum absolute atomic E-state index is 0.0398. The number of Topliss-reactive ketones (excluding diaryl/α,β-unsaturated/α-hetero) is 2. The summed E-state index contributed by atoms with van der Waals surface area (Å²) < 4.78 is 0. The zero-order valence-corrected chi connectivity index (χ0v) is 12.7. The fraction of sp³-hybridized carbons (Fsp3) is 0.176. The highest BCUT2D eigenvalue weighted by atomic mass is 16.2. The Labute approximate surface area is 133 Å². The van der Waals surface area contributed by atoms with Gasteiger partial charge in [-0.2, -0.15) is 0 Å². The van der Waals surface area contributed by atoms with Crippen molar-refractivity contribution in [3.8, 4) is 0 Å². The number of hydrogen-bond donors (Lipinski definition) is 2. The van der Waals surface area contributed by atoms with Gasteiger partial charge in [-0.05, 0) is 30.0 Å². The van der Waals surface area contributed by atoms with E-state index < -0.39 is 11.6 Å². The second-order valence-corrected chi connectivity index (χ2v) is 5.42. The fourth-order valence-corrected chi connectivity index (χ4v) is 2.38. The van der Waals surface area contributed by atoms with Gasteiger partial charge in [0, 0.05) is 18.8 Å². The molecule has 6 heteroatoms. The third-order valence-corrected chi connectivity index (χ3v) is 3.67. The van der Waals surface area contributed by atoms with Gasteiger partial charge in [-0.15, -0.1) is 5.10 Å². The van der Waals surface area contributed by atoms with Gasteiger partial charge in [-0.25, -0.2) is 4.98 Å². The number of hydrogen-bond acceptors (Lipinski definition) is 4. The van der Waals surface area contributed by atoms with E-state index in [0.717, 1.165) is 16.7 Å². The lowest BCUT2D eigenvalue weighted by atomic mass is 9.99. The van der Waals surface area contributed by atoms with Crippen LogP contribution in [-0.2, 0) is 17.6 Å². The van der Waals surface area contributed by atoms with E-state index in [2.05, 4.69) is 44.4 Å². The molecule has 2 aromatic heterocycles. The van der Waals surface area contributed by atoms with E-state index in [9.17, 15) is 9.59 Å². The lowest BCUT2D eigenvalue weighted by Gasteiger charge is -2.04. The summed E-state index contributed by atoms with van der Waals surface area (Å²) in [5, 5.41) is 6.08. The highest BCUT2D eigenvalue weighted by Gasteiger charge is 2.21. The number of aryl methyl sites for hydroxylation is 1. The largest absolute Gasteiger partial charge is 0.367 e. The molecular formula is C17H16N4O2. The van der Waals surface area contributed by atoms with Crippen molar-refractivity contribution in [3.05, 3.63) is 71.1 Å². The summed E-state index contributed by atoms with van der Waals surface area (Å²) in [5.74, 6) is -1.28. The number of benzene rings is 1. The number of carbonyl (C=O) groups is 2. The van der Waals surface area contributed by atoms with Gasteiger partial charge in [0.25, 0.3) is 5.78 Å². The smallest absolute Gasteiger partial charge is 0.267 e. The average molecular weight is 308 g/mol. The third-order valence-electron chi connectivity index (χ3n) is 3.67. The molecule has 0 amide bonds. The molecule has 2 heterocycles. The topological polar surface area (TPSA) is 91.5 Å². The number of nitrogens with zero attached hydrogens (tertiary/aromatic N) is 2. The molecule has 0 unspecified atom stereocenters. The molecule has 0 saturated carbocycles. The Morgan fingerprint density at radius 3 is 2.52 bits per heavy atom. The first-order valence-corrected chi connectivity index (χ1v) is 7.27. The Balaban J connectivity index is 1.72. The van der Waals surface area contributed by atoms with Crippen LogP contribution in [0.5, 0.6) is 0 Å². The maximum atomic E-state index is 12.1. The Morgan fingerprint density at radius 2 is 1.83 bits per heavy atom. The van der Waals surface area contributed by atoms with Gasteiger partial charge in [0.05, 0.1) is 0 Å². The highest BCUT2D eigenvalue weighted by Crippen LogP contribution is 2.16. The van der Waals surface area contributed by atoms with E-state index in [1.54, 1.807) is 6.20 Å². The molecular weight excluding hydrogens is 292 g/mol. The van der Waals surface area contributed by atoms with Crippen LogP contribution < -0.4 is 0 Å². The maximum absolute atomic E-state index is 12.1. The molecule has 0 radical (unpaired) electrons. The van der Waals surface area contributed by atoms with Crippen LogP contribution in [0.2, 0.25) is 0 Å². The monoisotopic (exact) mass is 308 g/mol. The summed E-state index contributed by atoms with van der Waals surface area (Å²) in [6.07, 6.45) is 5.64. The van der Waals surface area contributed by atoms with Crippen molar-refractivity contribution in [2.45, 2.75) is 19.8 Å². The number of rotatable bonds is 6. The molecule has 6 nitrogen and oxygen atoms in total. The lowest BCUT2D eigenvalue weighted by Crippen LogP contribution is -2.18. The standard InChI is InChI=1S/C17H16N4O2/c1-11-2-4-12(5-3-11)6-13-8-18-9-14(13)7-15(22)16(23)17-19-10-20-21-17/h2-5,8-10,18H,6-7H2,1H3,(H,19,20,21). The molecule has 23 heavy (non-hydrogen) atoms. The molecule has 0 fully saturated rings. The summed E-state index contributed by atoms with van der Waals surface area (Å²) >= 11 is 0.